The van der Waals surface area contributed by atoms with Crippen LogP contribution in [0.4, 0.5) is 0 Å². The number of hydrogen-bond donors (Lipinski definition) is 3. The molecule has 0 aromatic carbocycles. The molecule has 1 rings (SSSR count). The summed E-state index contributed by atoms with van der Waals surface area (Å²) < 4.78 is 0. The van der Waals surface area contributed by atoms with E-state index in [0.717, 1.165) is 0 Å². The van der Waals surface area contributed by atoms with Crippen molar-refractivity contribution < 1.29 is 19.8 Å². The normalized spacial score (nSPS) is 30.1. The van der Waals surface area contributed by atoms with Crippen LogP contribution in [-0.4, -0.2) is 35.2 Å². The van der Waals surface area contributed by atoms with Crippen LogP contribution in [0.25, 0.3) is 0 Å². The Morgan fingerprint density at radius 2 is 1.94 bits per heavy atom. The molecule has 0 aromatic rings. The molecular weight excluding hydrogens is 234 g/mol. The number of nitrogens with one attached hydrogen (secondary N) is 1. The predicted molar refractivity (Wildman–Crippen MR) is 67.0 cm³/mol. The Labute approximate surface area is 108 Å². The smallest absolute Gasteiger partial charge is 0.309 e. The molecule has 0 aliphatic heterocycles. The number of rotatable bonds is 5. The van der Waals surface area contributed by atoms with Gasteiger partial charge in [-0.25, -0.2) is 0 Å². The largest absolute Gasteiger partial charge is 0.481 e. The molecule has 0 bridgehead atoms. The maximum Gasteiger partial charge on any atom is 0.309 e. The van der Waals surface area contributed by atoms with Gasteiger partial charge in [0.15, 0.2) is 0 Å². The van der Waals surface area contributed by atoms with Crippen LogP contribution < -0.4 is 5.32 Å². The lowest BCUT2D eigenvalue weighted by Gasteiger charge is -2.37. The van der Waals surface area contributed by atoms with Crippen LogP contribution in [-0.2, 0) is 9.59 Å². The van der Waals surface area contributed by atoms with Crippen LogP contribution in [0.15, 0.2) is 0 Å². The van der Waals surface area contributed by atoms with Gasteiger partial charge in [0, 0.05) is 19.1 Å². The van der Waals surface area contributed by atoms with Gasteiger partial charge >= 0.3 is 5.97 Å². The van der Waals surface area contributed by atoms with E-state index in [1.165, 1.54) is 0 Å². The van der Waals surface area contributed by atoms with Crippen molar-refractivity contribution in [2.45, 2.75) is 40.0 Å². The topological polar surface area (TPSA) is 86.6 Å². The Kier molecular flexibility index (Phi) is 4.37. The number of carboxylic acid groups (broad SMARTS) is 1. The number of carbonyl (C=O) groups is 2. The van der Waals surface area contributed by atoms with E-state index >= 15 is 0 Å². The number of amides is 1. The molecule has 0 saturated heterocycles. The Balaban J connectivity index is 2.75. The van der Waals surface area contributed by atoms with Gasteiger partial charge in [0.1, 0.15) is 0 Å². The Morgan fingerprint density at radius 3 is 2.39 bits per heavy atom. The van der Waals surface area contributed by atoms with Crippen molar-refractivity contribution in [2.75, 3.05) is 13.2 Å². The fraction of sp³-hybridized carbons (Fsp3) is 0.846. The first-order chi connectivity index (χ1) is 8.27. The van der Waals surface area contributed by atoms with Crippen molar-refractivity contribution in [2.24, 2.45) is 16.7 Å². The van der Waals surface area contributed by atoms with Gasteiger partial charge < -0.3 is 15.5 Å². The maximum absolute atomic E-state index is 12.1. The number of aliphatic hydroxyl groups is 1. The third-order valence-corrected chi connectivity index (χ3v) is 4.65. The first kappa shape index (κ1) is 15.0. The number of hydrogen-bond acceptors (Lipinski definition) is 3. The molecule has 1 amide bonds. The highest BCUT2D eigenvalue weighted by Crippen LogP contribution is 2.56. The summed E-state index contributed by atoms with van der Waals surface area (Å²) in [6.45, 7) is 5.90. The molecule has 0 radical (unpaired) electrons. The minimum Gasteiger partial charge on any atom is -0.481 e. The van der Waals surface area contributed by atoms with Gasteiger partial charge in [-0.05, 0) is 31.6 Å². The summed E-state index contributed by atoms with van der Waals surface area (Å²) in [4.78, 5) is 23.5. The minimum absolute atomic E-state index is 0.0428. The summed E-state index contributed by atoms with van der Waals surface area (Å²) in [5.41, 5.74) is -1.42. The zero-order valence-electron chi connectivity index (χ0n) is 11.3. The second kappa shape index (κ2) is 5.26. The fourth-order valence-corrected chi connectivity index (χ4v) is 2.76. The van der Waals surface area contributed by atoms with Crippen molar-refractivity contribution >= 4 is 11.9 Å². The Hall–Kier alpha value is -1.10. The summed E-state index contributed by atoms with van der Waals surface area (Å²) >= 11 is 0. The first-order valence-corrected chi connectivity index (χ1v) is 6.39. The highest BCUT2D eigenvalue weighted by molar-refractivity contribution is 5.83. The van der Waals surface area contributed by atoms with Gasteiger partial charge in [0.25, 0.3) is 0 Å². The molecule has 18 heavy (non-hydrogen) atoms. The van der Waals surface area contributed by atoms with Crippen molar-refractivity contribution in [1.82, 2.24) is 5.32 Å². The number of aliphatic carboxylic acids is 1. The molecule has 104 valence electrons. The molecular formula is C13H23NO4. The molecule has 2 atom stereocenters. The van der Waals surface area contributed by atoms with Crippen LogP contribution in [0.3, 0.4) is 0 Å². The highest BCUT2D eigenvalue weighted by atomic mass is 16.4. The third-order valence-electron chi connectivity index (χ3n) is 4.65. The first-order valence-electron chi connectivity index (χ1n) is 6.39. The van der Waals surface area contributed by atoms with Gasteiger partial charge in [0.05, 0.1) is 5.41 Å². The van der Waals surface area contributed by atoms with E-state index in [-0.39, 0.29) is 18.4 Å². The Bertz CT molecular complexity index is 340. The van der Waals surface area contributed by atoms with Crippen molar-refractivity contribution in [3.63, 3.8) is 0 Å². The van der Waals surface area contributed by atoms with Gasteiger partial charge in [0.2, 0.25) is 5.91 Å². The van der Waals surface area contributed by atoms with Gasteiger partial charge in [-0.3, -0.25) is 9.59 Å². The number of aliphatic hydroxyl groups excluding tert-OH is 1. The zero-order chi connectivity index (χ0) is 14.0. The van der Waals surface area contributed by atoms with E-state index in [1.807, 2.05) is 13.8 Å². The average molecular weight is 257 g/mol. The van der Waals surface area contributed by atoms with E-state index < -0.39 is 16.8 Å². The number of carbonyl (C=O) groups excluding carboxylic acids is 1. The molecule has 5 nitrogen and oxygen atoms in total. The molecule has 0 aromatic heterocycles. The lowest BCUT2D eigenvalue weighted by Crippen LogP contribution is -2.45. The molecule has 1 aliphatic rings. The van der Waals surface area contributed by atoms with E-state index in [4.69, 9.17) is 5.11 Å². The quantitative estimate of drug-likeness (QED) is 0.642. The second-order valence-electron chi connectivity index (χ2n) is 5.82. The van der Waals surface area contributed by atoms with E-state index in [9.17, 15) is 14.7 Å². The van der Waals surface area contributed by atoms with Crippen LogP contribution >= 0.6 is 0 Å². The zero-order valence-corrected chi connectivity index (χ0v) is 11.3. The number of carboxylic acids is 1. The van der Waals surface area contributed by atoms with Gasteiger partial charge in [-0.1, -0.05) is 13.8 Å². The molecule has 1 aliphatic carbocycles. The summed E-state index contributed by atoms with van der Waals surface area (Å²) in [7, 11) is 0. The van der Waals surface area contributed by atoms with E-state index in [0.29, 0.717) is 25.8 Å². The monoisotopic (exact) mass is 257 g/mol. The van der Waals surface area contributed by atoms with Crippen molar-refractivity contribution in [3.05, 3.63) is 0 Å². The molecule has 3 N–H and O–H groups in total. The molecule has 0 heterocycles. The van der Waals surface area contributed by atoms with Crippen molar-refractivity contribution in [1.29, 1.82) is 0 Å². The van der Waals surface area contributed by atoms with Gasteiger partial charge in [-0.15, -0.1) is 0 Å². The highest BCUT2D eigenvalue weighted by Gasteiger charge is 2.58. The molecule has 0 unspecified atom stereocenters. The standard InChI is InChI=1S/C13H23NO4/c1-12(2)9(10(16)14-7-4-8-15)5-6-13(12,3)11(17)18/h9,15H,4-8H2,1-3H3,(H,14,16)(H,17,18)/t9-,13+/m0/s1. The molecule has 1 fully saturated rings. The van der Waals surface area contributed by atoms with Gasteiger partial charge in [-0.2, -0.15) is 0 Å². The fourth-order valence-electron chi connectivity index (χ4n) is 2.76. The molecule has 5 heteroatoms. The SMILES string of the molecule is CC1(C)[C@H](C(=O)NCCCO)CC[C@]1(C)C(=O)O. The van der Waals surface area contributed by atoms with Crippen LogP contribution in [0.2, 0.25) is 0 Å². The van der Waals surface area contributed by atoms with E-state index in [2.05, 4.69) is 5.32 Å². The maximum atomic E-state index is 12.1. The van der Waals surface area contributed by atoms with Crippen molar-refractivity contribution in [3.8, 4) is 0 Å². The summed E-state index contributed by atoms with van der Waals surface area (Å²) in [5.74, 6) is -1.21. The average Bonchev–Trinajstić information content (AvgIpc) is 2.52. The summed E-state index contributed by atoms with van der Waals surface area (Å²) in [6, 6.07) is 0. The van der Waals surface area contributed by atoms with Crippen LogP contribution in [0.1, 0.15) is 40.0 Å². The minimum atomic E-state index is -0.855. The molecule has 0 spiro atoms. The lowest BCUT2D eigenvalue weighted by atomic mass is 9.65. The predicted octanol–water partition coefficient (Wildman–Crippen LogP) is 1.01. The summed E-state index contributed by atoms with van der Waals surface area (Å²) in [6.07, 6.45) is 1.64. The Morgan fingerprint density at radius 1 is 1.33 bits per heavy atom. The van der Waals surface area contributed by atoms with Crippen LogP contribution in [0, 0.1) is 16.7 Å². The van der Waals surface area contributed by atoms with E-state index in [1.54, 1.807) is 6.92 Å². The second-order valence-corrected chi connectivity index (χ2v) is 5.82. The lowest BCUT2D eigenvalue weighted by molar-refractivity contribution is -0.155. The van der Waals surface area contributed by atoms with Crippen LogP contribution in [0.5, 0.6) is 0 Å². The summed E-state index contributed by atoms with van der Waals surface area (Å²) in [5, 5.41) is 20.8. The third kappa shape index (κ3) is 2.36. The molecule has 1 saturated carbocycles.